The van der Waals surface area contributed by atoms with Gasteiger partial charge < -0.3 is 15.3 Å². The Morgan fingerprint density at radius 2 is 2.17 bits per heavy atom. The molecule has 0 spiro atoms. The van der Waals surface area contributed by atoms with Gasteiger partial charge in [-0.1, -0.05) is 6.92 Å². The molecule has 1 aromatic heterocycles. The number of carbonyl (C=O) groups excluding carboxylic acids is 1. The van der Waals surface area contributed by atoms with Crippen LogP contribution < -0.4 is 5.32 Å². The van der Waals surface area contributed by atoms with Crippen molar-refractivity contribution in [3.05, 3.63) is 24.0 Å². The molecule has 0 aliphatic carbocycles. The topological polar surface area (TPSA) is 82.5 Å². The summed E-state index contributed by atoms with van der Waals surface area (Å²) in [6.45, 7) is 3.84. The van der Waals surface area contributed by atoms with Crippen LogP contribution in [0.3, 0.4) is 0 Å². The predicted octanol–water partition coefficient (Wildman–Crippen LogP) is 1.72. The van der Waals surface area contributed by atoms with Gasteiger partial charge >= 0.3 is 12.0 Å². The fraction of sp³-hybridized carbons (Fsp3) is 0.417. The Bertz CT molecular complexity index is 434. The van der Waals surface area contributed by atoms with Crippen molar-refractivity contribution in [2.75, 3.05) is 18.4 Å². The van der Waals surface area contributed by atoms with Gasteiger partial charge in [0.2, 0.25) is 0 Å². The van der Waals surface area contributed by atoms with E-state index in [2.05, 4.69) is 10.3 Å². The first-order valence-electron chi connectivity index (χ1n) is 5.72. The van der Waals surface area contributed by atoms with E-state index in [-0.39, 0.29) is 6.54 Å². The highest BCUT2D eigenvalue weighted by Crippen LogP contribution is 2.08. The molecule has 1 heterocycles. The summed E-state index contributed by atoms with van der Waals surface area (Å²) >= 11 is 0. The van der Waals surface area contributed by atoms with Crippen LogP contribution in [0.1, 0.15) is 18.9 Å². The molecule has 0 aliphatic heterocycles. The Balaban J connectivity index is 2.69. The SMILES string of the molecule is CCCN(CC(=O)O)C(=O)Nc1cncc(C)c1. The molecule has 0 fully saturated rings. The van der Waals surface area contributed by atoms with Crippen LogP contribution in [0.4, 0.5) is 10.5 Å². The number of amides is 2. The highest BCUT2D eigenvalue weighted by Gasteiger charge is 2.15. The molecule has 1 rings (SSSR count). The van der Waals surface area contributed by atoms with Gasteiger partial charge in [-0.25, -0.2) is 4.79 Å². The summed E-state index contributed by atoms with van der Waals surface area (Å²) in [5.74, 6) is -1.03. The number of pyridine rings is 1. The van der Waals surface area contributed by atoms with Crippen molar-refractivity contribution < 1.29 is 14.7 Å². The third-order valence-electron chi connectivity index (χ3n) is 2.23. The maximum Gasteiger partial charge on any atom is 0.323 e. The van der Waals surface area contributed by atoms with Gasteiger partial charge in [-0.15, -0.1) is 0 Å². The number of carboxylic acid groups (broad SMARTS) is 1. The second-order valence-corrected chi connectivity index (χ2v) is 4.00. The maximum absolute atomic E-state index is 11.9. The average molecular weight is 251 g/mol. The number of aliphatic carboxylic acids is 1. The molecular weight excluding hydrogens is 234 g/mol. The quantitative estimate of drug-likeness (QED) is 0.834. The third-order valence-corrected chi connectivity index (χ3v) is 2.23. The molecule has 98 valence electrons. The minimum Gasteiger partial charge on any atom is -0.480 e. The van der Waals surface area contributed by atoms with Crippen LogP contribution in [-0.2, 0) is 4.79 Å². The van der Waals surface area contributed by atoms with Crippen molar-refractivity contribution >= 4 is 17.7 Å². The van der Waals surface area contributed by atoms with Crippen LogP contribution in [0.2, 0.25) is 0 Å². The largest absolute Gasteiger partial charge is 0.480 e. The van der Waals surface area contributed by atoms with Crippen molar-refractivity contribution in [3.63, 3.8) is 0 Å². The number of rotatable bonds is 5. The summed E-state index contributed by atoms with van der Waals surface area (Å²) in [5.41, 5.74) is 1.49. The second kappa shape index (κ2) is 6.58. The van der Waals surface area contributed by atoms with E-state index in [9.17, 15) is 9.59 Å². The highest BCUT2D eigenvalue weighted by atomic mass is 16.4. The minimum atomic E-state index is -1.03. The average Bonchev–Trinajstić information content (AvgIpc) is 2.27. The first-order valence-corrected chi connectivity index (χ1v) is 5.72. The van der Waals surface area contributed by atoms with Crippen LogP contribution in [0.5, 0.6) is 0 Å². The van der Waals surface area contributed by atoms with Crippen LogP contribution >= 0.6 is 0 Å². The molecule has 6 nitrogen and oxygen atoms in total. The van der Waals surface area contributed by atoms with Crippen molar-refractivity contribution in [2.24, 2.45) is 0 Å². The summed E-state index contributed by atoms with van der Waals surface area (Å²) in [6, 6.07) is 1.35. The Labute approximate surface area is 106 Å². The first kappa shape index (κ1) is 14.0. The Kier molecular flexibility index (Phi) is 5.10. The number of carbonyl (C=O) groups is 2. The highest BCUT2D eigenvalue weighted by molar-refractivity contribution is 5.91. The van der Waals surface area contributed by atoms with Crippen molar-refractivity contribution in [1.82, 2.24) is 9.88 Å². The Morgan fingerprint density at radius 1 is 1.44 bits per heavy atom. The molecule has 0 saturated heterocycles. The molecule has 18 heavy (non-hydrogen) atoms. The van der Waals surface area contributed by atoms with Crippen molar-refractivity contribution in [2.45, 2.75) is 20.3 Å². The number of aryl methyl sites for hydroxylation is 1. The molecule has 0 aromatic carbocycles. The van der Waals surface area contributed by atoms with E-state index in [4.69, 9.17) is 5.11 Å². The van der Waals surface area contributed by atoms with Gasteiger partial charge in [0, 0.05) is 12.7 Å². The van der Waals surface area contributed by atoms with Gasteiger partial charge in [-0.05, 0) is 25.0 Å². The second-order valence-electron chi connectivity index (χ2n) is 4.00. The summed E-state index contributed by atoms with van der Waals surface area (Å²) in [5, 5.41) is 11.4. The summed E-state index contributed by atoms with van der Waals surface area (Å²) in [6.07, 6.45) is 3.90. The minimum absolute atomic E-state index is 0.307. The zero-order valence-corrected chi connectivity index (χ0v) is 10.5. The van der Waals surface area contributed by atoms with Gasteiger partial charge in [0.25, 0.3) is 0 Å². The van der Waals surface area contributed by atoms with Gasteiger partial charge in [0.05, 0.1) is 11.9 Å². The van der Waals surface area contributed by atoms with Gasteiger partial charge in [-0.3, -0.25) is 9.78 Å². The fourth-order valence-electron chi connectivity index (χ4n) is 1.51. The lowest BCUT2D eigenvalue weighted by atomic mass is 10.3. The van der Waals surface area contributed by atoms with E-state index < -0.39 is 12.0 Å². The molecule has 0 saturated carbocycles. The van der Waals surface area contributed by atoms with Crippen LogP contribution in [0.15, 0.2) is 18.5 Å². The smallest absolute Gasteiger partial charge is 0.323 e. The molecule has 6 heteroatoms. The molecule has 1 aromatic rings. The lowest BCUT2D eigenvalue weighted by molar-refractivity contribution is -0.137. The molecule has 0 aliphatic rings. The van der Waals surface area contributed by atoms with E-state index in [0.29, 0.717) is 18.7 Å². The molecule has 0 bridgehead atoms. The molecular formula is C12H17N3O3. The molecule has 0 unspecified atom stereocenters. The standard InChI is InChI=1S/C12H17N3O3/c1-3-4-15(8-11(16)17)12(18)14-10-5-9(2)6-13-7-10/h5-7H,3-4,8H2,1-2H3,(H,14,18)(H,16,17). The fourth-order valence-corrected chi connectivity index (χ4v) is 1.51. The number of nitrogens with one attached hydrogen (secondary N) is 1. The lowest BCUT2D eigenvalue weighted by Crippen LogP contribution is -2.39. The maximum atomic E-state index is 11.9. The normalized spacial score (nSPS) is 9.89. The Hall–Kier alpha value is -2.11. The van der Waals surface area contributed by atoms with Crippen molar-refractivity contribution in [3.8, 4) is 0 Å². The number of carboxylic acids is 1. The Morgan fingerprint density at radius 3 is 2.72 bits per heavy atom. The van der Waals surface area contributed by atoms with Crippen LogP contribution in [-0.4, -0.2) is 40.1 Å². The molecule has 2 N–H and O–H groups in total. The molecule has 0 radical (unpaired) electrons. The number of nitrogens with zero attached hydrogens (tertiary/aromatic N) is 2. The van der Waals surface area contributed by atoms with E-state index >= 15 is 0 Å². The van der Waals surface area contributed by atoms with E-state index in [1.54, 1.807) is 12.3 Å². The summed E-state index contributed by atoms with van der Waals surface area (Å²) < 4.78 is 0. The number of urea groups is 1. The monoisotopic (exact) mass is 251 g/mol. The van der Waals surface area contributed by atoms with E-state index in [1.807, 2.05) is 13.8 Å². The zero-order valence-electron chi connectivity index (χ0n) is 10.5. The number of anilines is 1. The number of hydrogen-bond acceptors (Lipinski definition) is 3. The van der Waals surface area contributed by atoms with Crippen LogP contribution in [0.25, 0.3) is 0 Å². The first-order chi connectivity index (χ1) is 8.52. The number of hydrogen-bond donors (Lipinski definition) is 2. The van der Waals surface area contributed by atoms with Crippen LogP contribution in [0, 0.1) is 6.92 Å². The predicted molar refractivity (Wildman–Crippen MR) is 67.5 cm³/mol. The van der Waals surface area contributed by atoms with Gasteiger partial charge in [-0.2, -0.15) is 0 Å². The zero-order chi connectivity index (χ0) is 13.5. The van der Waals surface area contributed by atoms with E-state index in [0.717, 1.165) is 5.56 Å². The lowest BCUT2D eigenvalue weighted by Gasteiger charge is -2.20. The molecule has 0 atom stereocenters. The number of aromatic nitrogens is 1. The van der Waals surface area contributed by atoms with Crippen molar-refractivity contribution in [1.29, 1.82) is 0 Å². The third kappa shape index (κ3) is 4.40. The van der Waals surface area contributed by atoms with Gasteiger partial charge in [0.15, 0.2) is 0 Å². The summed E-state index contributed by atoms with van der Waals surface area (Å²) in [7, 11) is 0. The molecule has 2 amide bonds. The van der Waals surface area contributed by atoms with Gasteiger partial charge in [0.1, 0.15) is 6.54 Å². The van der Waals surface area contributed by atoms with E-state index in [1.165, 1.54) is 11.1 Å². The summed E-state index contributed by atoms with van der Waals surface area (Å²) in [4.78, 5) is 27.7.